The Kier molecular flexibility index (Phi) is 7.55. The van der Waals surface area contributed by atoms with Crippen LogP contribution in [0.4, 0.5) is 13.2 Å². The van der Waals surface area contributed by atoms with Crippen molar-refractivity contribution < 1.29 is 27.4 Å². The molecule has 0 atom stereocenters. The Labute approximate surface area is 192 Å². The molecule has 2 aromatic carbocycles. The van der Waals surface area contributed by atoms with Crippen molar-refractivity contribution in [2.24, 2.45) is 10.7 Å². The molecule has 1 heterocycles. The third kappa shape index (κ3) is 6.01. The summed E-state index contributed by atoms with van der Waals surface area (Å²) in [6.45, 7) is 1.96. The lowest BCUT2D eigenvalue weighted by Crippen LogP contribution is -2.17. The van der Waals surface area contributed by atoms with Crippen LogP contribution in [0.1, 0.15) is 28.5 Å². The van der Waals surface area contributed by atoms with Gasteiger partial charge < -0.3 is 15.2 Å². The molecule has 0 saturated carbocycles. The molecule has 3 rings (SSSR count). The predicted octanol–water partition coefficient (Wildman–Crippen LogP) is 5.53. The number of aromatic nitrogens is 1. The van der Waals surface area contributed by atoms with Crippen molar-refractivity contribution in [2.75, 3.05) is 6.61 Å². The van der Waals surface area contributed by atoms with Gasteiger partial charge in [-0.1, -0.05) is 41.9 Å². The first-order valence-electron chi connectivity index (χ1n) is 9.75. The maximum Gasteiger partial charge on any atom is 0.573 e. The van der Waals surface area contributed by atoms with E-state index in [9.17, 15) is 18.0 Å². The number of fused-ring (bicyclic) bond motifs is 1. The van der Waals surface area contributed by atoms with Gasteiger partial charge in [0.25, 0.3) is 0 Å². The molecule has 1 aromatic heterocycles. The van der Waals surface area contributed by atoms with Crippen LogP contribution >= 0.6 is 11.6 Å². The van der Waals surface area contributed by atoms with E-state index in [-0.39, 0.29) is 35.2 Å². The lowest BCUT2D eigenvalue weighted by Gasteiger charge is -2.13. The standard InChI is InChI=1S/C23H19ClF3N3O3/c1-2-32-22(31)19-20(24)17-5-3-4-6-18(17)30-21(19)15(11-28)13-29-12-14-7-9-16(10-8-14)33-23(25,26)27/h3-11,13H,2,12,28H2,1H3. The summed E-state index contributed by atoms with van der Waals surface area (Å²) in [7, 11) is 0. The van der Waals surface area contributed by atoms with E-state index in [1.807, 2.05) is 0 Å². The molecule has 0 aliphatic carbocycles. The van der Waals surface area contributed by atoms with Crippen LogP contribution in [-0.4, -0.2) is 30.1 Å². The molecule has 33 heavy (non-hydrogen) atoms. The van der Waals surface area contributed by atoms with Gasteiger partial charge in [0.2, 0.25) is 0 Å². The summed E-state index contributed by atoms with van der Waals surface area (Å²) < 4.78 is 45.8. The highest BCUT2D eigenvalue weighted by Crippen LogP contribution is 2.31. The summed E-state index contributed by atoms with van der Waals surface area (Å²) in [5.74, 6) is -0.976. The van der Waals surface area contributed by atoms with Gasteiger partial charge in [0.1, 0.15) is 11.3 Å². The van der Waals surface area contributed by atoms with Crippen molar-refractivity contribution in [2.45, 2.75) is 19.8 Å². The van der Waals surface area contributed by atoms with E-state index in [0.29, 0.717) is 22.0 Å². The molecule has 172 valence electrons. The summed E-state index contributed by atoms with van der Waals surface area (Å²) in [4.78, 5) is 21.4. The number of rotatable bonds is 7. The number of benzene rings is 2. The van der Waals surface area contributed by atoms with Crippen LogP contribution in [-0.2, 0) is 11.3 Å². The SMILES string of the molecule is CCOC(=O)c1c(C(C=NCc2ccc(OC(F)(F)F)cc2)=CN)nc2ccccc2c1Cl. The quantitative estimate of drug-likeness (QED) is 0.357. The number of nitrogens with zero attached hydrogens (tertiary/aromatic N) is 2. The maximum absolute atomic E-state index is 12.6. The largest absolute Gasteiger partial charge is 0.573 e. The van der Waals surface area contributed by atoms with E-state index in [0.717, 1.165) is 0 Å². The molecule has 3 aromatic rings. The Hall–Kier alpha value is -3.59. The highest BCUT2D eigenvalue weighted by Gasteiger charge is 2.31. The van der Waals surface area contributed by atoms with Gasteiger partial charge in [-0.2, -0.15) is 0 Å². The first-order valence-corrected chi connectivity index (χ1v) is 10.1. The number of ether oxygens (including phenoxy) is 2. The molecule has 0 aliphatic rings. The zero-order chi connectivity index (χ0) is 24.0. The normalized spacial score (nSPS) is 12.3. The van der Waals surface area contributed by atoms with Gasteiger partial charge >= 0.3 is 12.3 Å². The molecule has 0 amide bonds. The highest BCUT2D eigenvalue weighted by atomic mass is 35.5. The van der Waals surface area contributed by atoms with Crippen LogP contribution in [0.3, 0.4) is 0 Å². The number of carbonyl (C=O) groups excluding carboxylic acids is 1. The van der Waals surface area contributed by atoms with E-state index in [1.165, 1.54) is 36.7 Å². The topological polar surface area (TPSA) is 86.8 Å². The van der Waals surface area contributed by atoms with Gasteiger partial charge in [0.05, 0.1) is 29.4 Å². The van der Waals surface area contributed by atoms with Gasteiger partial charge in [-0.3, -0.25) is 4.99 Å². The zero-order valence-corrected chi connectivity index (χ0v) is 18.2. The Bertz CT molecular complexity index is 1210. The van der Waals surface area contributed by atoms with Crippen molar-refractivity contribution in [3.8, 4) is 5.75 Å². The van der Waals surface area contributed by atoms with E-state index >= 15 is 0 Å². The summed E-state index contributed by atoms with van der Waals surface area (Å²) >= 11 is 6.52. The highest BCUT2D eigenvalue weighted by molar-refractivity contribution is 6.39. The molecule has 6 nitrogen and oxygen atoms in total. The predicted molar refractivity (Wildman–Crippen MR) is 120 cm³/mol. The summed E-state index contributed by atoms with van der Waals surface area (Å²) in [6, 6.07) is 12.4. The Balaban J connectivity index is 1.89. The monoisotopic (exact) mass is 477 g/mol. The zero-order valence-electron chi connectivity index (χ0n) is 17.4. The summed E-state index contributed by atoms with van der Waals surface area (Å²) in [6.07, 6.45) is -2.11. The van der Waals surface area contributed by atoms with Crippen molar-refractivity contribution >= 4 is 40.3 Å². The second-order valence-corrected chi connectivity index (χ2v) is 7.05. The van der Waals surface area contributed by atoms with E-state index in [4.69, 9.17) is 22.1 Å². The van der Waals surface area contributed by atoms with Crippen molar-refractivity contribution in [1.82, 2.24) is 4.98 Å². The number of aliphatic imine (C=N–C) groups is 1. The molecule has 0 spiro atoms. The van der Waals surface area contributed by atoms with Gasteiger partial charge in [0.15, 0.2) is 0 Å². The van der Waals surface area contributed by atoms with Gasteiger partial charge in [-0.15, -0.1) is 13.2 Å². The van der Waals surface area contributed by atoms with Crippen molar-refractivity contribution in [1.29, 1.82) is 0 Å². The number of hydrogen-bond donors (Lipinski definition) is 1. The third-order valence-electron chi connectivity index (χ3n) is 4.42. The van der Waals surface area contributed by atoms with E-state index in [1.54, 1.807) is 31.2 Å². The average molecular weight is 478 g/mol. The lowest BCUT2D eigenvalue weighted by molar-refractivity contribution is -0.274. The number of nitrogens with two attached hydrogens (primary N) is 1. The average Bonchev–Trinajstić information content (AvgIpc) is 2.77. The van der Waals surface area contributed by atoms with Crippen LogP contribution in [0.5, 0.6) is 5.75 Å². The van der Waals surface area contributed by atoms with Gasteiger partial charge in [0, 0.05) is 23.4 Å². The summed E-state index contributed by atoms with van der Waals surface area (Å²) in [5.41, 5.74) is 7.57. The number of alkyl halides is 3. The number of hydrogen-bond acceptors (Lipinski definition) is 6. The van der Waals surface area contributed by atoms with Crippen molar-refractivity contribution in [3.63, 3.8) is 0 Å². The maximum atomic E-state index is 12.6. The first-order chi connectivity index (χ1) is 15.7. The minimum Gasteiger partial charge on any atom is -0.462 e. The second-order valence-electron chi connectivity index (χ2n) is 6.67. The molecule has 0 aliphatic heterocycles. The molecule has 0 unspecified atom stereocenters. The van der Waals surface area contributed by atoms with Gasteiger partial charge in [-0.25, -0.2) is 9.78 Å². The fourth-order valence-corrected chi connectivity index (χ4v) is 3.33. The number of halogens is 4. The smallest absolute Gasteiger partial charge is 0.462 e. The van der Waals surface area contributed by atoms with Crippen LogP contribution in [0.15, 0.2) is 59.7 Å². The fraction of sp³-hybridized carbons (Fsp3) is 0.174. The molecule has 0 bridgehead atoms. The first kappa shape index (κ1) is 24.1. The Morgan fingerprint density at radius 1 is 1.18 bits per heavy atom. The summed E-state index contributed by atoms with van der Waals surface area (Å²) in [5, 5.41) is 0.766. The minimum atomic E-state index is -4.76. The second kappa shape index (κ2) is 10.4. The Morgan fingerprint density at radius 3 is 2.52 bits per heavy atom. The Morgan fingerprint density at radius 2 is 1.88 bits per heavy atom. The minimum absolute atomic E-state index is 0.0639. The lowest BCUT2D eigenvalue weighted by atomic mass is 10.0. The number of esters is 1. The molecular weight excluding hydrogens is 459 g/mol. The van der Waals surface area contributed by atoms with Crippen molar-refractivity contribution in [3.05, 3.63) is 76.6 Å². The van der Waals surface area contributed by atoms with Crippen LogP contribution < -0.4 is 10.5 Å². The van der Waals surface area contributed by atoms with E-state index < -0.39 is 12.3 Å². The number of allylic oxidation sites excluding steroid dienone is 1. The molecular formula is C23H19ClF3N3O3. The molecule has 2 N–H and O–H groups in total. The van der Waals surface area contributed by atoms with Crippen LogP contribution in [0, 0.1) is 0 Å². The fourth-order valence-electron chi connectivity index (χ4n) is 3.00. The number of carbonyl (C=O) groups is 1. The third-order valence-corrected chi connectivity index (χ3v) is 4.82. The van der Waals surface area contributed by atoms with Crippen LogP contribution in [0.25, 0.3) is 16.5 Å². The number of pyridine rings is 1. The molecule has 0 radical (unpaired) electrons. The van der Waals surface area contributed by atoms with Crippen LogP contribution in [0.2, 0.25) is 5.02 Å². The van der Waals surface area contributed by atoms with E-state index in [2.05, 4.69) is 14.7 Å². The molecule has 10 heteroatoms. The molecule has 0 fully saturated rings. The molecule has 0 saturated heterocycles. The number of para-hydroxylation sites is 1. The van der Waals surface area contributed by atoms with Gasteiger partial charge in [-0.05, 0) is 30.7 Å².